The Bertz CT molecular complexity index is 379. The van der Waals surface area contributed by atoms with E-state index in [1.165, 1.54) is 12.1 Å². The molecule has 1 rings (SSSR count). The van der Waals surface area contributed by atoms with Gasteiger partial charge in [-0.2, -0.15) is 0 Å². The minimum Gasteiger partial charge on any atom is -0.411 e. The Morgan fingerprint density at radius 3 is 3.00 bits per heavy atom. The van der Waals surface area contributed by atoms with Gasteiger partial charge in [-0.05, 0) is 11.6 Å². The Labute approximate surface area is 84.8 Å². The van der Waals surface area contributed by atoms with E-state index < -0.39 is 11.6 Å². The molecule has 0 aliphatic rings. The zero-order valence-electron chi connectivity index (χ0n) is 7.08. The highest BCUT2D eigenvalue weighted by Gasteiger charge is 2.09. The monoisotopic (exact) mass is 215 g/mol. The van der Waals surface area contributed by atoms with Crippen LogP contribution in [0.4, 0.5) is 4.39 Å². The minimum atomic E-state index is -0.617. The fraction of sp³-hybridized carbons (Fsp3) is 0.111. The van der Waals surface area contributed by atoms with E-state index in [9.17, 15) is 9.18 Å². The summed E-state index contributed by atoms with van der Waals surface area (Å²) in [6, 6.07) is 4.39. The molecule has 74 valence electrons. The van der Waals surface area contributed by atoms with E-state index in [4.69, 9.17) is 16.8 Å². The molecule has 0 saturated heterocycles. The van der Waals surface area contributed by atoms with Crippen LogP contribution in [0.15, 0.2) is 23.4 Å². The molecule has 0 radical (unpaired) electrons. The third-order valence-corrected chi connectivity index (χ3v) is 1.89. The number of hydrogen-bond acceptors (Lipinski definition) is 3. The van der Waals surface area contributed by atoms with Crippen molar-refractivity contribution in [1.29, 1.82) is 0 Å². The molecule has 0 spiro atoms. The van der Waals surface area contributed by atoms with Gasteiger partial charge in [0.05, 0.1) is 5.02 Å². The fourth-order valence-corrected chi connectivity index (χ4v) is 1.18. The number of halogens is 2. The largest absolute Gasteiger partial charge is 0.411 e. The predicted molar refractivity (Wildman–Crippen MR) is 50.4 cm³/mol. The van der Waals surface area contributed by atoms with Gasteiger partial charge < -0.3 is 5.21 Å². The summed E-state index contributed by atoms with van der Waals surface area (Å²) in [5, 5.41) is 10.6. The van der Waals surface area contributed by atoms with E-state index in [0.29, 0.717) is 0 Å². The Morgan fingerprint density at radius 2 is 2.36 bits per heavy atom. The van der Waals surface area contributed by atoms with Crippen LogP contribution in [0.2, 0.25) is 5.02 Å². The maximum Gasteiger partial charge on any atom is 0.181 e. The van der Waals surface area contributed by atoms with Crippen molar-refractivity contribution < 1.29 is 14.4 Å². The quantitative estimate of drug-likeness (QED) is 0.477. The number of oxime groups is 1. The van der Waals surface area contributed by atoms with Gasteiger partial charge in [0, 0.05) is 6.42 Å². The SMILES string of the molecule is O=C(/C=N/O)Cc1cccc(Cl)c1F. The standard InChI is InChI=1S/C9H7ClFNO2/c10-8-3-1-2-6(9(8)11)4-7(13)5-12-14/h1-3,5,14H,4H2/b12-5+. The van der Waals surface area contributed by atoms with Crippen LogP contribution in [-0.2, 0) is 11.2 Å². The highest BCUT2D eigenvalue weighted by molar-refractivity contribution is 6.31. The van der Waals surface area contributed by atoms with Gasteiger partial charge in [-0.3, -0.25) is 4.79 Å². The fourth-order valence-electron chi connectivity index (χ4n) is 0.983. The highest BCUT2D eigenvalue weighted by Crippen LogP contribution is 2.18. The summed E-state index contributed by atoms with van der Waals surface area (Å²) in [6.45, 7) is 0. The Hall–Kier alpha value is -1.42. The van der Waals surface area contributed by atoms with Gasteiger partial charge in [-0.25, -0.2) is 4.39 Å². The summed E-state index contributed by atoms with van der Waals surface area (Å²) in [5.74, 6) is -1.11. The third kappa shape index (κ3) is 2.53. The third-order valence-electron chi connectivity index (χ3n) is 1.60. The summed E-state index contributed by atoms with van der Waals surface area (Å²) in [5.41, 5.74) is 0.183. The minimum absolute atomic E-state index is 0.0313. The van der Waals surface area contributed by atoms with Crippen LogP contribution in [0.25, 0.3) is 0 Å². The molecular formula is C9H7ClFNO2. The number of hydrogen-bond donors (Lipinski definition) is 1. The van der Waals surface area contributed by atoms with Gasteiger partial charge in [0.1, 0.15) is 12.0 Å². The molecule has 0 atom stereocenters. The van der Waals surface area contributed by atoms with Crippen LogP contribution in [0.5, 0.6) is 0 Å². The Kier molecular flexibility index (Phi) is 3.59. The Morgan fingerprint density at radius 1 is 1.64 bits per heavy atom. The lowest BCUT2D eigenvalue weighted by atomic mass is 10.1. The molecule has 0 heterocycles. The summed E-state index contributed by atoms with van der Waals surface area (Å²) in [6.07, 6.45) is 0.552. The average molecular weight is 216 g/mol. The molecular weight excluding hydrogens is 209 g/mol. The van der Waals surface area contributed by atoms with E-state index in [2.05, 4.69) is 5.16 Å². The first-order chi connectivity index (χ1) is 6.65. The number of carbonyl (C=O) groups excluding carboxylic acids is 1. The molecule has 0 bridgehead atoms. The van der Waals surface area contributed by atoms with Crippen molar-refractivity contribution in [2.75, 3.05) is 0 Å². The second-order valence-electron chi connectivity index (χ2n) is 2.60. The lowest BCUT2D eigenvalue weighted by Gasteiger charge is -2.00. The topological polar surface area (TPSA) is 49.7 Å². The van der Waals surface area contributed by atoms with Crippen molar-refractivity contribution >= 4 is 23.6 Å². The zero-order chi connectivity index (χ0) is 10.6. The maximum absolute atomic E-state index is 13.2. The average Bonchev–Trinajstić information content (AvgIpc) is 2.13. The molecule has 0 saturated carbocycles. The van der Waals surface area contributed by atoms with E-state index in [0.717, 1.165) is 6.21 Å². The molecule has 3 nitrogen and oxygen atoms in total. The lowest BCUT2D eigenvalue weighted by molar-refractivity contribution is -0.112. The molecule has 1 aromatic rings. The summed E-state index contributed by atoms with van der Waals surface area (Å²) >= 11 is 5.51. The zero-order valence-corrected chi connectivity index (χ0v) is 7.83. The van der Waals surface area contributed by atoms with Gasteiger partial charge in [-0.15, -0.1) is 0 Å². The van der Waals surface area contributed by atoms with E-state index in [-0.39, 0.29) is 17.0 Å². The van der Waals surface area contributed by atoms with Crippen molar-refractivity contribution in [1.82, 2.24) is 0 Å². The summed E-state index contributed by atoms with van der Waals surface area (Å²) in [4.78, 5) is 11.0. The molecule has 1 aromatic carbocycles. The van der Waals surface area contributed by atoms with E-state index in [1.807, 2.05) is 0 Å². The number of benzene rings is 1. The van der Waals surface area contributed by atoms with Crippen molar-refractivity contribution in [2.45, 2.75) is 6.42 Å². The normalized spacial score (nSPS) is 10.7. The van der Waals surface area contributed by atoms with E-state index >= 15 is 0 Å². The highest BCUT2D eigenvalue weighted by atomic mass is 35.5. The molecule has 0 unspecified atom stereocenters. The van der Waals surface area contributed by atoms with Gasteiger partial charge in [0.25, 0.3) is 0 Å². The molecule has 0 amide bonds. The van der Waals surface area contributed by atoms with Crippen LogP contribution in [0.1, 0.15) is 5.56 Å². The Balaban J connectivity index is 2.87. The number of nitrogens with zero attached hydrogens (tertiary/aromatic N) is 1. The first-order valence-corrected chi connectivity index (χ1v) is 4.16. The van der Waals surface area contributed by atoms with Crippen LogP contribution in [-0.4, -0.2) is 17.2 Å². The molecule has 0 aliphatic carbocycles. The van der Waals surface area contributed by atoms with Crippen molar-refractivity contribution in [3.8, 4) is 0 Å². The molecule has 14 heavy (non-hydrogen) atoms. The first kappa shape index (κ1) is 10.7. The van der Waals surface area contributed by atoms with Crippen LogP contribution in [0, 0.1) is 5.82 Å². The van der Waals surface area contributed by atoms with Crippen LogP contribution >= 0.6 is 11.6 Å². The van der Waals surface area contributed by atoms with Gasteiger partial charge in [0.2, 0.25) is 0 Å². The first-order valence-electron chi connectivity index (χ1n) is 3.78. The number of rotatable bonds is 3. The van der Waals surface area contributed by atoms with E-state index in [1.54, 1.807) is 6.07 Å². The van der Waals surface area contributed by atoms with Crippen molar-refractivity contribution in [3.05, 3.63) is 34.6 Å². The second kappa shape index (κ2) is 4.72. The number of Topliss-reactive ketones (excluding diaryl/α,β-unsaturated/α-hetero) is 1. The number of carbonyl (C=O) groups is 1. The molecule has 1 N–H and O–H groups in total. The maximum atomic E-state index is 13.2. The molecule has 0 aromatic heterocycles. The molecule has 5 heteroatoms. The van der Waals surface area contributed by atoms with Crippen LogP contribution in [0.3, 0.4) is 0 Å². The molecule has 0 aliphatic heterocycles. The number of ketones is 1. The summed E-state index contributed by atoms with van der Waals surface area (Å²) < 4.78 is 13.2. The predicted octanol–water partition coefficient (Wildman–Crippen LogP) is 2.05. The van der Waals surface area contributed by atoms with Crippen molar-refractivity contribution in [2.24, 2.45) is 5.16 Å². The smallest absolute Gasteiger partial charge is 0.181 e. The summed E-state index contributed by atoms with van der Waals surface area (Å²) in [7, 11) is 0. The van der Waals surface area contributed by atoms with Crippen molar-refractivity contribution in [3.63, 3.8) is 0 Å². The van der Waals surface area contributed by atoms with Gasteiger partial charge >= 0.3 is 0 Å². The second-order valence-corrected chi connectivity index (χ2v) is 3.01. The molecule has 0 fully saturated rings. The van der Waals surface area contributed by atoms with Crippen LogP contribution < -0.4 is 0 Å². The lowest BCUT2D eigenvalue weighted by Crippen LogP contribution is -2.05. The van der Waals surface area contributed by atoms with Gasteiger partial charge in [0.15, 0.2) is 5.78 Å². The van der Waals surface area contributed by atoms with Gasteiger partial charge in [-0.1, -0.05) is 28.9 Å².